The molecule has 118 valence electrons. The molecule has 0 bridgehead atoms. The second kappa shape index (κ2) is 9.43. The summed E-state index contributed by atoms with van der Waals surface area (Å²) in [6.07, 6.45) is 7.00. The van der Waals surface area contributed by atoms with Crippen LogP contribution in [0, 0.1) is 5.82 Å². The van der Waals surface area contributed by atoms with Gasteiger partial charge in [-0.3, -0.25) is 0 Å². The summed E-state index contributed by atoms with van der Waals surface area (Å²) in [5, 5.41) is 0. The number of allylic oxidation sites excluding steroid dienone is 2. The maximum Gasteiger partial charge on any atom is 0.164 e. The van der Waals surface area contributed by atoms with Crippen LogP contribution in [0.25, 0.3) is 0 Å². The monoisotopic (exact) mass is 294 g/mol. The zero-order valence-corrected chi connectivity index (χ0v) is 13.6. The molecule has 0 amide bonds. The Labute approximate surface area is 128 Å². The Balaban J connectivity index is 3.09. The first-order valence-electron chi connectivity index (χ1n) is 7.91. The van der Waals surface area contributed by atoms with Crippen LogP contribution in [0.2, 0.25) is 0 Å². The van der Waals surface area contributed by atoms with Crippen molar-refractivity contribution in [2.75, 3.05) is 13.2 Å². The van der Waals surface area contributed by atoms with Crippen molar-refractivity contribution < 1.29 is 13.9 Å². The summed E-state index contributed by atoms with van der Waals surface area (Å²) >= 11 is 0. The molecule has 0 N–H and O–H groups in total. The van der Waals surface area contributed by atoms with Crippen molar-refractivity contribution in [1.29, 1.82) is 0 Å². The van der Waals surface area contributed by atoms with Gasteiger partial charge in [0.25, 0.3) is 0 Å². The van der Waals surface area contributed by atoms with Crippen molar-refractivity contribution in [1.82, 2.24) is 0 Å². The standard InChI is InChI=1S/C18H27FO2/c1-5-9-10-11-14(6-2)15-12-17(20-7-3)18(21-8-4)13-16(15)19/h9-10,12-14H,5-8,11H2,1-4H3/b10-9-. The van der Waals surface area contributed by atoms with Gasteiger partial charge < -0.3 is 9.47 Å². The van der Waals surface area contributed by atoms with Gasteiger partial charge in [-0.2, -0.15) is 0 Å². The normalized spacial score (nSPS) is 12.6. The van der Waals surface area contributed by atoms with Crippen LogP contribution in [0.5, 0.6) is 11.5 Å². The van der Waals surface area contributed by atoms with Crippen LogP contribution < -0.4 is 9.47 Å². The Morgan fingerprint density at radius 2 is 1.62 bits per heavy atom. The van der Waals surface area contributed by atoms with E-state index >= 15 is 0 Å². The third kappa shape index (κ3) is 5.07. The van der Waals surface area contributed by atoms with E-state index in [9.17, 15) is 4.39 Å². The van der Waals surface area contributed by atoms with E-state index in [-0.39, 0.29) is 11.7 Å². The molecule has 0 aliphatic heterocycles. The van der Waals surface area contributed by atoms with E-state index in [4.69, 9.17) is 9.47 Å². The third-order valence-corrected chi connectivity index (χ3v) is 3.42. The minimum Gasteiger partial charge on any atom is -0.490 e. The van der Waals surface area contributed by atoms with Crippen LogP contribution in [0.4, 0.5) is 4.39 Å². The lowest BCUT2D eigenvalue weighted by atomic mass is 9.92. The first kappa shape index (κ1) is 17.5. The summed E-state index contributed by atoms with van der Waals surface area (Å²) in [7, 11) is 0. The van der Waals surface area contributed by atoms with Crippen LogP contribution in [0.1, 0.15) is 58.4 Å². The van der Waals surface area contributed by atoms with Crippen molar-refractivity contribution in [3.8, 4) is 11.5 Å². The predicted octanol–water partition coefficient (Wildman–Crippen LogP) is 5.47. The predicted molar refractivity (Wildman–Crippen MR) is 85.8 cm³/mol. The summed E-state index contributed by atoms with van der Waals surface area (Å²) < 4.78 is 25.4. The summed E-state index contributed by atoms with van der Waals surface area (Å²) in [6.45, 7) is 9.02. The molecule has 0 saturated heterocycles. The molecule has 1 aromatic carbocycles. The second-order valence-electron chi connectivity index (χ2n) is 4.91. The minimum atomic E-state index is -0.210. The van der Waals surface area contributed by atoms with Gasteiger partial charge in [-0.05, 0) is 50.7 Å². The topological polar surface area (TPSA) is 18.5 Å². The second-order valence-corrected chi connectivity index (χ2v) is 4.91. The number of rotatable bonds is 9. The van der Waals surface area contributed by atoms with E-state index in [1.165, 1.54) is 6.07 Å². The molecule has 0 aliphatic rings. The molecular formula is C18H27FO2. The number of hydrogen-bond acceptors (Lipinski definition) is 2. The van der Waals surface area contributed by atoms with Crippen molar-refractivity contribution >= 4 is 0 Å². The molecular weight excluding hydrogens is 267 g/mol. The van der Waals surface area contributed by atoms with E-state index in [1.54, 1.807) is 6.07 Å². The lowest BCUT2D eigenvalue weighted by molar-refractivity contribution is 0.285. The SMILES string of the molecule is CC/C=C\CC(CC)c1cc(OCC)c(OCC)cc1F. The van der Waals surface area contributed by atoms with Crippen LogP contribution in [0.15, 0.2) is 24.3 Å². The van der Waals surface area contributed by atoms with Gasteiger partial charge >= 0.3 is 0 Å². The molecule has 3 heteroatoms. The average molecular weight is 294 g/mol. The molecule has 1 atom stereocenters. The Morgan fingerprint density at radius 3 is 2.14 bits per heavy atom. The number of benzene rings is 1. The Hall–Kier alpha value is -1.51. The van der Waals surface area contributed by atoms with Crippen LogP contribution in [-0.2, 0) is 0 Å². The molecule has 0 aliphatic carbocycles. The Kier molecular flexibility index (Phi) is 7.88. The number of halogens is 1. The summed E-state index contributed by atoms with van der Waals surface area (Å²) in [5.74, 6) is 1.08. The molecule has 1 unspecified atom stereocenters. The largest absolute Gasteiger partial charge is 0.490 e. The van der Waals surface area contributed by atoms with Gasteiger partial charge in [-0.15, -0.1) is 0 Å². The average Bonchev–Trinajstić information content (AvgIpc) is 2.47. The fraction of sp³-hybridized carbons (Fsp3) is 0.556. The fourth-order valence-electron chi connectivity index (χ4n) is 2.34. The quantitative estimate of drug-likeness (QED) is 0.562. The maximum atomic E-state index is 14.4. The molecule has 1 aromatic rings. The van der Waals surface area contributed by atoms with Gasteiger partial charge in [-0.25, -0.2) is 4.39 Å². The van der Waals surface area contributed by atoms with Gasteiger partial charge in [0.15, 0.2) is 11.5 Å². The van der Waals surface area contributed by atoms with E-state index in [2.05, 4.69) is 26.0 Å². The summed E-state index contributed by atoms with van der Waals surface area (Å²) in [6, 6.07) is 3.26. The van der Waals surface area contributed by atoms with Crippen molar-refractivity contribution in [2.45, 2.75) is 52.9 Å². The summed E-state index contributed by atoms with van der Waals surface area (Å²) in [5.41, 5.74) is 0.713. The highest BCUT2D eigenvalue weighted by Gasteiger charge is 2.18. The lowest BCUT2D eigenvalue weighted by Gasteiger charge is -2.18. The highest BCUT2D eigenvalue weighted by atomic mass is 19.1. The van der Waals surface area contributed by atoms with Gasteiger partial charge in [0.2, 0.25) is 0 Å². The zero-order valence-electron chi connectivity index (χ0n) is 13.6. The van der Waals surface area contributed by atoms with Gasteiger partial charge in [0, 0.05) is 6.07 Å². The van der Waals surface area contributed by atoms with Crippen LogP contribution in [0.3, 0.4) is 0 Å². The summed E-state index contributed by atoms with van der Waals surface area (Å²) in [4.78, 5) is 0. The number of hydrogen-bond donors (Lipinski definition) is 0. The third-order valence-electron chi connectivity index (χ3n) is 3.42. The van der Waals surface area contributed by atoms with Crippen LogP contribution in [-0.4, -0.2) is 13.2 Å². The number of ether oxygens (including phenoxy) is 2. The van der Waals surface area contributed by atoms with Crippen LogP contribution >= 0.6 is 0 Å². The Morgan fingerprint density at radius 1 is 1.00 bits per heavy atom. The smallest absolute Gasteiger partial charge is 0.164 e. The van der Waals surface area contributed by atoms with E-state index < -0.39 is 0 Å². The first-order valence-corrected chi connectivity index (χ1v) is 7.91. The van der Waals surface area contributed by atoms with E-state index in [0.29, 0.717) is 30.3 Å². The molecule has 0 heterocycles. The fourth-order valence-corrected chi connectivity index (χ4v) is 2.34. The molecule has 0 fully saturated rings. The highest BCUT2D eigenvalue weighted by Crippen LogP contribution is 2.36. The molecule has 2 nitrogen and oxygen atoms in total. The molecule has 0 radical (unpaired) electrons. The van der Waals surface area contributed by atoms with Gasteiger partial charge in [0.1, 0.15) is 5.82 Å². The molecule has 1 rings (SSSR count). The molecule has 21 heavy (non-hydrogen) atoms. The van der Waals surface area contributed by atoms with E-state index in [1.807, 2.05) is 13.8 Å². The Bertz CT molecular complexity index is 455. The highest BCUT2D eigenvalue weighted by molar-refractivity contribution is 5.45. The first-order chi connectivity index (χ1) is 10.2. The zero-order chi connectivity index (χ0) is 15.7. The van der Waals surface area contributed by atoms with Gasteiger partial charge in [-0.1, -0.05) is 26.0 Å². The minimum absolute atomic E-state index is 0.169. The van der Waals surface area contributed by atoms with Crippen molar-refractivity contribution in [3.63, 3.8) is 0 Å². The molecule has 0 aromatic heterocycles. The lowest BCUT2D eigenvalue weighted by Crippen LogP contribution is -2.04. The maximum absolute atomic E-state index is 14.4. The van der Waals surface area contributed by atoms with Gasteiger partial charge in [0.05, 0.1) is 13.2 Å². The van der Waals surface area contributed by atoms with E-state index in [0.717, 1.165) is 19.3 Å². The molecule has 0 spiro atoms. The molecule has 0 saturated carbocycles. The van der Waals surface area contributed by atoms with Crippen molar-refractivity contribution in [3.05, 3.63) is 35.7 Å². The van der Waals surface area contributed by atoms with Crippen molar-refractivity contribution in [2.24, 2.45) is 0 Å².